The molecule has 1 unspecified atom stereocenters. The van der Waals surface area contributed by atoms with Gasteiger partial charge in [0.1, 0.15) is 16.4 Å². The maximum absolute atomic E-state index is 12.5. The SMILES string of the molecule is Cc1cc(S(=O)(=O)N2CCNCC2C)c(C)o1.Cl. The second kappa shape index (κ2) is 5.61. The monoisotopic (exact) mass is 294 g/mol. The quantitative estimate of drug-likeness (QED) is 0.893. The fourth-order valence-corrected chi connectivity index (χ4v) is 4.02. The van der Waals surface area contributed by atoms with Gasteiger partial charge >= 0.3 is 0 Å². The van der Waals surface area contributed by atoms with Crippen LogP contribution in [0.1, 0.15) is 18.4 Å². The topological polar surface area (TPSA) is 62.6 Å². The Morgan fingerprint density at radius 2 is 2.11 bits per heavy atom. The molecule has 1 aliphatic heterocycles. The van der Waals surface area contributed by atoms with Gasteiger partial charge in [0.25, 0.3) is 0 Å². The van der Waals surface area contributed by atoms with Crippen LogP contribution < -0.4 is 5.32 Å². The molecule has 1 aromatic heterocycles. The van der Waals surface area contributed by atoms with Gasteiger partial charge in [0.05, 0.1) is 0 Å². The number of hydrogen-bond donors (Lipinski definition) is 1. The highest BCUT2D eigenvalue weighted by atomic mass is 35.5. The van der Waals surface area contributed by atoms with E-state index in [-0.39, 0.29) is 18.4 Å². The molecule has 2 rings (SSSR count). The van der Waals surface area contributed by atoms with Crippen LogP contribution in [0.3, 0.4) is 0 Å². The van der Waals surface area contributed by atoms with E-state index in [4.69, 9.17) is 4.42 Å². The van der Waals surface area contributed by atoms with E-state index in [0.29, 0.717) is 36.1 Å². The van der Waals surface area contributed by atoms with Crippen molar-refractivity contribution >= 4 is 22.4 Å². The molecule has 0 radical (unpaired) electrons. The third-order valence-corrected chi connectivity index (χ3v) is 5.14. The normalized spacial score (nSPS) is 21.6. The molecule has 0 amide bonds. The second-order valence-corrected chi connectivity index (χ2v) is 6.31. The van der Waals surface area contributed by atoms with Crippen molar-refractivity contribution in [3.63, 3.8) is 0 Å². The van der Waals surface area contributed by atoms with Crippen molar-refractivity contribution in [2.24, 2.45) is 0 Å². The zero-order valence-corrected chi connectivity index (χ0v) is 12.4. The predicted octanol–water partition coefficient (Wildman–Crippen LogP) is 1.30. The van der Waals surface area contributed by atoms with Crippen LogP contribution in [-0.2, 0) is 10.0 Å². The van der Waals surface area contributed by atoms with E-state index in [1.54, 1.807) is 24.2 Å². The molecule has 1 N–H and O–H groups in total. The van der Waals surface area contributed by atoms with Gasteiger partial charge in [-0.3, -0.25) is 0 Å². The number of sulfonamides is 1. The van der Waals surface area contributed by atoms with Crippen LogP contribution in [0.5, 0.6) is 0 Å². The van der Waals surface area contributed by atoms with Crippen molar-refractivity contribution in [3.05, 3.63) is 17.6 Å². The van der Waals surface area contributed by atoms with Crippen molar-refractivity contribution in [1.82, 2.24) is 9.62 Å². The van der Waals surface area contributed by atoms with E-state index < -0.39 is 10.0 Å². The van der Waals surface area contributed by atoms with E-state index in [1.165, 1.54) is 0 Å². The maximum Gasteiger partial charge on any atom is 0.246 e. The van der Waals surface area contributed by atoms with Crippen molar-refractivity contribution in [2.45, 2.75) is 31.7 Å². The second-order valence-electron chi connectivity index (χ2n) is 4.45. The van der Waals surface area contributed by atoms with E-state index in [1.807, 2.05) is 6.92 Å². The molecule has 1 atom stereocenters. The number of hydrogen-bond acceptors (Lipinski definition) is 4. The first kappa shape index (κ1) is 15.5. The van der Waals surface area contributed by atoms with Crippen LogP contribution in [0.25, 0.3) is 0 Å². The van der Waals surface area contributed by atoms with E-state index in [9.17, 15) is 8.42 Å². The Hall–Kier alpha value is -0.560. The zero-order chi connectivity index (χ0) is 12.6. The Kier molecular flexibility index (Phi) is 4.83. The molecule has 0 aliphatic carbocycles. The molecule has 0 bridgehead atoms. The molecule has 0 aromatic carbocycles. The van der Waals surface area contributed by atoms with Crippen molar-refractivity contribution in [3.8, 4) is 0 Å². The smallest absolute Gasteiger partial charge is 0.246 e. The van der Waals surface area contributed by atoms with Crippen LogP contribution in [0.15, 0.2) is 15.4 Å². The molecular formula is C11H19ClN2O3S. The Morgan fingerprint density at radius 3 is 2.61 bits per heavy atom. The van der Waals surface area contributed by atoms with E-state index in [2.05, 4.69) is 5.32 Å². The van der Waals surface area contributed by atoms with Crippen molar-refractivity contribution in [1.29, 1.82) is 0 Å². The largest absolute Gasteiger partial charge is 0.465 e. The summed E-state index contributed by atoms with van der Waals surface area (Å²) in [6, 6.07) is 1.57. The van der Waals surface area contributed by atoms with Gasteiger partial charge in [0.2, 0.25) is 10.0 Å². The fourth-order valence-electron chi connectivity index (χ4n) is 2.17. The van der Waals surface area contributed by atoms with Crippen molar-refractivity contribution in [2.75, 3.05) is 19.6 Å². The number of aryl methyl sites for hydroxylation is 2. The average Bonchev–Trinajstić information content (AvgIpc) is 2.59. The van der Waals surface area contributed by atoms with E-state index >= 15 is 0 Å². The van der Waals surface area contributed by atoms with Crippen LogP contribution in [0, 0.1) is 13.8 Å². The van der Waals surface area contributed by atoms with Crippen LogP contribution in [-0.4, -0.2) is 38.4 Å². The lowest BCUT2D eigenvalue weighted by atomic mass is 10.3. The molecule has 7 heteroatoms. The van der Waals surface area contributed by atoms with Gasteiger partial charge in [-0.05, 0) is 26.8 Å². The third-order valence-electron chi connectivity index (χ3n) is 3.02. The van der Waals surface area contributed by atoms with Gasteiger partial charge in [-0.2, -0.15) is 4.31 Å². The van der Waals surface area contributed by atoms with Gasteiger partial charge in [0.15, 0.2) is 0 Å². The lowest BCUT2D eigenvalue weighted by molar-refractivity contribution is 0.283. The molecule has 104 valence electrons. The third kappa shape index (κ3) is 2.71. The van der Waals surface area contributed by atoms with Gasteiger partial charge in [-0.1, -0.05) is 0 Å². The van der Waals surface area contributed by atoms with Gasteiger partial charge < -0.3 is 9.73 Å². The predicted molar refractivity (Wildman–Crippen MR) is 71.7 cm³/mol. The first-order chi connectivity index (χ1) is 7.93. The zero-order valence-electron chi connectivity index (χ0n) is 10.8. The lowest BCUT2D eigenvalue weighted by Crippen LogP contribution is -2.52. The van der Waals surface area contributed by atoms with Crippen molar-refractivity contribution < 1.29 is 12.8 Å². The molecular weight excluding hydrogens is 276 g/mol. The lowest BCUT2D eigenvalue weighted by Gasteiger charge is -2.32. The van der Waals surface area contributed by atoms with E-state index in [0.717, 1.165) is 0 Å². The molecule has 0 saturated carbocycles. The number of halogens is 1. The minimum absolute atomic E-state index is 0. The molecule has 1 aliphatic rings. The minimum Gasteiger partial charge on any atom is -0.465 e. The minimum atomic E-state index is -3.42. The Morgan fingerprint density at radius 1 is 1.44 bits per heavy atom. The molecule has 1 saturated heterocycles. The molecule has 0 spiro atoms. The van der Waals surface area contributed by atoms with Gasteiger partial charge in [0, 0.05) is 25.7 Å². The van der Waals surface area contributed by atoms with Crippen LogP contribution in [0.4, 0.5) is 0 Å². The Labute approximate surface area is 114 Å². The van der Waals surface area contributed by atoms with Crippen LogP contribution in [0.2, 0.25) is 0 Å². The molecule has 2 heterocycles. The van der Waals surface area contributed by atoms with Crippen LogP contribution >= 0.6 is 12.4 Å². The summed E-state index contributed by atoms with van der Waals surface area (Å²) in [6.45, 7) is 7.24. The maximum atomic E-state index is 12.5. The summed E-state index contributed by atoms with van der Waals surface area (Å²) >= 11 is 0. The molecule has 5 nitrogen and oxygen atoms in total. The summed E-state index contributed by atoms with van der Waals surface area (Å²) < 4.78 is 31.8. The van der Waals surface area contributed by atoms with Gasteiger partial charge in [-0.15, -0.1) is 12.4 Å². The number of rotatable bonds is 2. The standard InChI is InChI=1S/C11H18N2O3S.ClH/c1-8-7-12-4-5-13(8)17(14,15)11-6-9(2)16-10(11)3;/h6,8,12H,4-5,7H2,1-3H3;1H. The highest BCUT2D eigenvalue weighted by Crippen LogP contribution is 2.25. The fraction of sp³-hybridized carbons (Fsp3) is 0.636. The first-order valence-electron chi connectivity index (χ1n) is 5.72. The van der Waals surface area contributed by atoms with Gasteiger partial charge in [-0.25, -0.2) is 8.42 Å². The first-order valence-corrected chi connectivity index (χ1v) is 7.16. The summed E-state index contributed by atoms with van der Waals surface area (Å²) in [4.78, 5) is 0.295. The number of piperazine rings is 1. The summed E-state index contributed by atoms with van der Waals surface area (Å²) in [7, 11) is -3.42. The summed E-state index contributed by atoms with van der Waals surface area (Å²) in [5, 5.41) is 3.18. The number of furan rings is 1. The Bertz CT molecular complexity index is 512. The summed E-state index contributed by atoms with van der Waals surface area (Å²) in [6.07, 6.45) is 0. The molecule has 1 fully saturated rings. The summed E-state index contributed by atoms with van der Waals surface area (Å²) in [5.41, 5.74) is 0. The Balaban J connectivity index is 0.00000162. The molecule has 1 aromatic rings. The average molecular weight is 295 g/mol. The highest BCUT2D eigenvalue weighted by Gasteiger charge is 2.33. The number of nitrogens with one attached hydrogen (secondary N) is 1. The molecule has 18 heavy (non-hydrogen) atoms. The summed E-state index contributed by atoms with van der Waals surface area (Å²) in [5.74, 6) is 1.09. The number of nitrogens with zero attached hydrogens (tertiary/aromatic N) is 1. The highest BCUT2D eigenvalue weighted by molar-refractivity contribution is 7.89.